The first-order chi connectivity index (χ1) is 11.0. The van der Waals surface area contributed by atoms with Gasteiger partial charge in [-0.05, 0) is 23.6 Å². The van der Waals surface area contributed by atoms with Gasteiger partial charge in [-0.2, -0.15) is 4.80 Å². The van der Waals surface area contributed by atoms with E-state index in [1.807, 2.05) is 24.3 Å². The van der Waals surface area contributed by atoms with Gasteiger partial charge < -0.3 is 5.32 Å². The Labute approximate surface area is 134 Å². The average molecular weight is 316 g/mol. The molecule has 122 valence electrons. The molecule has 8 nitrogen and oxygen atoms in total. The summed E-state index contributed by atoms with van der Waals surface area (Å²) in [6, 6.07) is 7.34. The van der Waals surface area contributed by atoms with Crippen molar-refractivity contribution in [2.75, 3.05) is 6.54 Å². The molecule has 0 aliphatic rings. The zero-order chi connectivity index (χ0) is 16.8. The van der Waals surface area contributed by atoms with Gasteiger partial charge in [0.05, 0.1) is 0 Å². The van der Waals surface area contributed by atoms with Gasteiger partial charge >= 0.3 is 6.03 Å². The van der Waals surface area contributed by atoms with E-state index in [1.54, 1.807) is 6.92 Å². The first-order valence-electron chi connectivity index (χ1n) is 7.45. The van der Waals surface area contributed by atoms with Crippen LogP contribution in [0.2, 0.25) is 0 Å². The highest BCUT2D eigenvalue weighted by molar-refractivity contribution is 5.94. The molecular formula is C15H20N6O2. The Morgan fingerprint density at radius 2 is 1.91 bits per heavy atom. The summed E-state index contributed by atoms with van der Waals surface area (Å²) in [5.41, 5.74) is 2.05. The minimum Gasteiger partial charge on any atom is -0.338 e. The van der Waals surface area contributed by atoms with E-state index < -0.39 is 11.9 Å². The number of imide groups is 1. The van der Waals surface area contributed by atoms with E-state index in [0.29, 0.717) is 18.3 Å². The number of amides is 3. The third-order valence-corrected chi connectivity index (χ3v) is 3.16. The van der Waals surface area contributed by atoms with Crippen LogP contribution in [0.3, 0.4) is 0 Å². The molecule has 2 aromatic rings. The summed E-state index contributed by atoms with van der Waals surface area (Å²) in [7, 11) is 0. The second-order valence-electron chi connectivity index (χ2n) is 5.33. The highest BCUT2D eigenvalue weighted by Crippen LogP contribution is 2.19. The van der Waals surface area contributed by atoms with Crippen molar-refractivity contribution in [3.05, 3.63) is 29.8 Å². The second kappa shape index (κ2) is 7.48. The number of nitrogens with one attached hydrogen (secondary N) is 2. The van der Waals surface area contributed by atoms with Crippen LogP contribution < -0.4 is 10.6 Å². The molecule has 0 aliphatic heterocycles. The molecule has 0 bridgehead atoms. The fourth-order valence-corrected chi connectivity index (χ4v) is 1.94. The summed E-state index contributed by atoms with van der Waals surface area (Å²) in [5.74, 6) is 0.381. The lowest BCUT2D eigenvalue weighted by molar-refractivity contribution is -0.121. The number of nitrogens with zero attached hydrogens (tertiary/aromatic N) is 4. The largest absolute Gasteiger partial charge is 0.338 e. The molecule has 8 heteroatoms. The van der Waals surface area contributed by atoms with Crippen molar-refractivity contribution in [1.29, 1.82) is 0 Å². The predicted molar refractivity (Wildman–Crippen MR) is 84.6 cm³/mol. The summed E-state index contributed by atoms with van der Waals surface area (Å²) < 4.78 is 0. The van der Waals surface area contributed by atoms with E-state index in [4.69, 9.17) is 0 Å². The molecule has 0 unspecified atom stereocenters. The number of rotatable bonds is 5. The lowest BCUT2D eigenvalue weighted by atomic mass is 10.0. The molecule has 1 heterocycles. The van der Waals surface area contributed by atoms with Crippen molar-refractivity contribution >= 4 is 11.9 Å². The van der Waals surface area contributed by atoms with Crippen molar-refractivity contribution in [2.24, 2.45) is 0 Å². The Balaban J connectivity index is 2.00. The topological polar surface area (TPSA) is 102 Å². The van der Waals surface area contributed by atoms with Crippen LogP contribution >= 0.6 is 0 Å². The van der Waals surface area contributed by atoms with Crippen molar-refractivity contribution in [3.8, 4) is 11.4 Å². The Bertz CT molecular complexity index is 678. The number of aromatic nitrogens is 4. The van der Waals surface area contributed by atoms with E-state index in [0.717, 1.165) is 10.4 Å². The van der Waals surface area contributed by atoms with Crippen LogP contribution in [-0.2, 0) is 11.3 Å². The normalized spacial score (nSPS) is 10.6. The lowest BCUT2D eigenvalue weighted by Crippen LogP contribution is -2.41. The number of hydrogen-bond acceptors (Lipinski definition) is 5. The molecule has 0 saturated carbocycles. The second-order valence-corrected chi connectivity index (χ2v) is 5.33. The van der Waals surface area contributed by atoms with Crippen LogP contribution in [0.5, 0.6) is 0 Å². The zero-order valence-electron chi connectivity index (χ0n) is 13.4. The molecule has 2 N–H and O–H groups in total. The summed E-state index contributed by atoms with van der Waals surface area (Å²) >= 11 is 0. The Morgan fingerprint density at radius 3 is 2.52 bits per heavy atom. The monoisotopic (exact) mass is 316 g/mol. The molecule has 0 atom stereocenters. The number of carbonyl (C=O) groups is 2. The van der Waals surface area contributed by atoms with Gasteiger partial charge in [-0.1, -0.05) is 38.1 Å². The summed E-state index contributed by atoms with van der Waals surface area (Å²) in [5, 5.41) is 16.6. The summed E-state index contributed by atoms with van der Waals surface area (Å²) in [6.07, 6.45) is 0. The molecule has 1 aromatic carbocycles. The number of tetrazole rings is 1. The van der Waals surface area contributed by atoms with Crippen molar-refractivity contribution in [3.63, 3.8) is 0 Å². The van der Waals surface area contributed by atoms with Crippen LogP contribution in [0.15, 0.2) is 24.3 Å². The van der Waals surface area contributed by atoms with E-state index >= 15 is 0 Å². The van der Waals surface area contributed by atoms with Gasteiger partial charge in [-0.25, -0.2) is 4.79 Å². The fourth-order valence-electron chi connectivity index (χ4n) is 1.94. The van der Waals surface area contributed by atoms with E-state index in [2.05, 4.69) is 39.9 Å². The van der Waals surface area contributed by atoms with Gasteiger partial charge in [0.1, 0.15) is 6.54 Å². The van der Waals surface area contributed by atoms with Gasteiger partial charge in [0.2, 0.25) is 5.82 Å². The molecule has 0 spiro atoms. The van der Waals surface area contributed by atoms with Crippen LogP contribution in [0.25, 0.3) is 11.4 Å². The van der Waals surface area contributed by atoms with Crippen LogP contribution in [-0.4, -0.2) is 38.7 Å². The third kappa shape index (κ3) is 4.60. The third-order valence-electron chi connectivity index (χ3n) is 3.16. The molecule has 3 amide bonds. The minimum atomic E-state index is -0.540. The Kier molecular flexibility index (Phi) is 5.40. The minimum absolute atomic E-state index is 0.172. The number of hydrogen-bond donors (Lipinski definition) is 2. The van der Waals surface area contributed by atoms with Crippen LogP contribution in [0.1, 0.15) is 32.3 Å². The maximum atomic E-state index is 11.7. The standard InChI is InChI=1S/C15H20N6O2/c1-4-16-15(23)17-13(22)9-21-19-14(18-20-21)12-7-5-11(6-8-12)10(2)3/h5-8,10H,4,9H2,1-3H3,(H2,16,17,22,23). The quantitative estimate of drug-likeness (QED) is 0.866. The van der Waals surface area contributed by atoms with Gasteiger partial charge in [0.25, 0.3) is 5.91 Å². The molecule has 1 aromatic heterocycles. The first-order valence-corrected chi connectivity index (χ1v) is 7.45. The molecular weight excluding hydrogens is 296 g/mol. The van der Waals surface area contributed by atoms with Crippen molar-refractivity contribution < 1.29 is 9.59 Å². The molecule has 0 fully saturated rings. The Hall–Kier alpha value is -2.77. The first kappa shape index (κ1) is 16.6. The molecule has 23 heavy (non-hydrogen) atoms. The van der Waals surface area contributed by atoms with Crippen LogP contribution in [0.4, 0.5) is 4.79 Å². The van der Waals surface area contributed by atoms with E-state index in [1.165, 1.54) is 5.56 Å². The predicted octanol–water partition coefficient (Wildman–Crippen LogP) is 1.31. The summed E-state index contributed by atoms with van der Waals surface area (Å²) in [6.45, 7) is 6.28. The van der Waals surface area contributed by atoms with E-state index in [9.17, 15) is 9.59 Å². The summed E-state index contributed by atoms with van der Waals surface area (Å²) in [4.78, 5) is 24.1. The highest BCUT2D eigenvalue weighted by atomic mass is 16.2. The fraction of sp³-hybridized carbons (Fsp3) is 0.400. The number of urea groups is 1. The molecule has 0 saturated heterocycles. The lowest BCUT2D eigenvalue weighted by Gasteiger charge is -2.04. The van der Waals surface area contributed by atoms with Crippen molar-refractivity contribution in [1.82, 2.24) is 30.8 Å². The molecule has 0 radical (unpaired) electrons. The maximum Gasteiger partial charge on any atom is 0.321 e. The Morgan fingerprint density at radius 1 is 1.22 bits per heavy atom. The zero-order valence-corrected chi connectivity index (χ0v) is 13.4. The van der Waals surface area contributed by atoms with Crippen LogP contribution in [0, 0.1) is 0 Å². The number of benzene rings is 1. The average Bonchev–Trinajstić information content (AvgIpc) is 2.95. The van der Waals surface area contributed by atoms with Gasteiger partial charge in [-0.3, -0.25) is 10.1 Å². The van der Waals surface area contributed by atoms with Gasteiger partial charge in [-0.15, -0.1) is 10.2 Å². The number of carbonyl (C=O) groups excluding carboxylic acids is 2. The molecule has 2 rings (SSSR count). The van der Waals surface area contributed by atoms with Gasteiger partial charge in [0, 0.05) is 12.1 Å². The van der Waals surface area contributed by atoms with Gasteiger partial charge in [0.15, 0.2) is 0 Å². The molecule has 0 aliphatic carbocycles. The maximum absolute atomic E-state index is 11.7. The van der Waals surface area contributed by atoms with Crippen molar-refractivity contribution in [2.45, 2.75) is 33.2 Å². The highest BCUT2D eigenvalue weighted by Gasteiger charge is 2.11. The SMILES string of the molecule is CCNC(=O)NC(=O)Cn1nnc(-c2ccc(C(C)C)cc2)n1. The van der Waals surface area contributed by atoms with E-state index in [-0.39, 0.29) is 6.54 Å². The smallest absolute Gasteiger partial charge is 0.321 e.